The number of amides is 3. The van der Waals surface area contributed by atoms with Gasteiger partial charge in [0, 0.05) is 30.4 Å². The maximum Gasteiger partial charge on any atom is 0.321 e. The topological polar surface area (TPSA) is 106 Å². The van der Waals surface area contributed by atoms with E-state index in [9.17, 15) is 9.59 Å². The Morgan fingerprint density at radius 1 is 0.879 bits per heavy atom. The van der Waals surface area contributed by atoms with Gasteiger partial charge in [-0.1, -0.05) is 11.3 Å². The van der Waals surface area contributed by atoms with Crippen LogP contribution in [0.2, 0.25) is 0 Å². The summed E-state index contributed by atoms with van der Waals surface area (Å²) in [6.45, 7) is 1.22. The van der Waals surface area contributed by atoms with Crippen molar-refractivity contribution in [3.63, 3.8) is 0 Å². The Hall–Kier alpha value is -3.66. The molecule has 0 aliphatic carbocycles. The molecule has 10 heteroatoms. The smallest absolute Gasteiger partial charge is 0.321 e. The molecule has 0 atom stereocenters. The zero-order chi connectivity index (χ0) is 23.2. The molecule has 1 aliphatic rings. The quantitative estimate of drug-likeness (QED) is 0.562. The fourth-order valence-electron chi connectivity index (χ4n) is 3.56. The van der Waals surface area contributed by atoms with Gasteiger partial charge in [-0.2, -0.15) is 0 Å². The molecular weight excluding hydrogens is 442 g/mol. The minimum Gasteiger partial charge on any atom is -0.497 e. The van der Waals surface area contributed by atoms with Crippen molar-refractivity contribution in [3.8, 4) is 11.5 Å². The number of nitrogens with one attached hydrogen (secondary N) is 2. The molecule has 0 unspecified atom stereocenters. The summed E-state index contributed by atoms with van der Waals surface area (Å²) in [7, 11) is 3.19. The molecule has 1 saturated heterocycles. The van der Waals surface area contributed by atoms with E-state index in [2.05, 4.69) is 20.8 Å². The van der Waals surface area contributed by atoms with E-state index in [4.69, 9.17) is 9.47 Å². The number of piperidine rings is 1. The number of benzene rings is 2. The molecule has 2 N–H and O–H groups in total. The van der Waals surface area contributed by atoms with Crippen molar-refractivity contribution in [2.24, 2.45) is 0 Å². The van der Waals surface area contributed by atoms with E-state index in [1.807, 2.05) is 12.1 Å². The zero-order valence-corrected chi connectivity index (χ0v) is 19.2. The van der Waals surface area contributed by atoms with Crippen molar-refractivity contribution < 1.29 is 19.1 Å². The van der Waals surface area contributed by atoms with Crippen LogP contribution < -0.4 is 20.1 Å². The summed E-state index contributed by atoms with van der Waals surface area (Å²) in [4.78, 5) is 26.9. The number of ether oxygens (including phenoxy) is 2. The van der Waals surface area contributed by atoms with Crippen LogP contribution in [0.25, 0.3) is 0 Å². The number of anilines is 2. The number of rotatable bonds is 6. The largest absolute Gasteiger partial charge is 0.497 e. The molecule has 2 aromatic carbocycles. The Morgan fingerprint density at radius 3 is 1.97 bits per heavy atom. The molecular formula is C23H25N5O4S. The van der Waals surface area contributed by atoms with Gasteiger partial charge in [0.05, 0.1) is 14.2 Å². The Morgan fingerprint density at radius 2 is 1.42 bits per heavy atom. The summed E-state index contributed by atoms with van der Waals surface area (Å²) >= 11 is 1.30. The fourth-order valence-corrected chi connectivity index (χ4v) is 4.46. The maximum atomic E-state index is 12.6. The van der Waals surface area contributed by atoms with Crippen LogP contribution in [0.5, 0.6) is 11.5 Å². The second-order valence-electron chi connectivity index (χ2n) is 7.55. The highest BCUT2D eigenvalue weighted by Crippen LogP contribution is 2.31. The highest BCUT2D eigenvalue weighted by Gasteiger charge is 2.27. The lowest BCUT2D eigenvalue weighted by molar-refractivity contribution is 0.102. The Bertz CT molecular complexity index is 1090. The van der Waals surface area contributed by atoms with E-state index in [0.29, 0.717) is 23.8 Å². The molecule has 3 aromatic rings. The molecule has 0 spiro atoms. The number of aromatic nitrogens is 2. The van der Waals surface area contributed by atoms with Gasteiger partial charge in [-0.05, 0) is 61.4 Å². The normalized spacial score (nSPS) is 13.9. The average molecular weight is 468 g/mol. The van der Waals surface area contributed by atoms with Gasteiger partial charge in [0.2, 0.25) is 5.01 Å². The fraction of sp³-hybridized carbons (Fsp3) is 0.304. The highest BCUT2D eigenvalue weighted by atomic mass is 32.1. The van der Waals surface area contributed by atoms with Crippen LogP contribution in [0.15, 0.2) is 48.5 Å². The van der Waals surface area contributed by atoms with Gasteiger partial charge in [0.1, 0.15) is 16.5 Å². The first-order chi connectivity index (χ1) is 16.1. The van der Waals surface area contributed by atoms with Gasteiger partial charge in [0.25, 0.3) is 5.91 Å². The number of carbonyl (C=O) groups excluding carboxylic acids is 2. The van der Waals surface area contributed by atoms with E-state index >= 15 is 0 Å². The van der Waals surface area contributed by atoms with Crippen LogP contribution >= 0.6 is 11.3 Å². The molecule has 3 amide bonds. The lowest BCUT2D eigenvalue weighted by Gasteiger charge is -2.30. The number of urea groups is 1. The Balaban J connectivity index is 1.28. The van der Waals surface area contributed by atoms with Crippen LogP contribution in [-0.2, 0) is 0 Å². The van der Waals surface area contributed by atoms with Crippen molar-refractivity contribution in [1.29, 1.82) is 0 Å². The molecule has 33 heavy (non-hydrogen) atoms. The van der Waals surface area contributed by atoms with Crippen LogP contribution in [-0.4, -0.2) is 54.3 Å². The lowest BCUT2D eigenvalue weighted by Crippen LogP contribution is -2.40. The van der Waals surface area contributed by atoms with Gasteiger partial charge in [0.15, 0.2) is 0 Å². The molecule has 4 rings (SSSR count). The van der Waals surface area contributed by atoms with Crippen LogP contribution in [0.1, 0.15) is 33.6 Å². The number of methoxy groups -OCH3 is 2. The Labute approximate surface area is 195 Å². The first-order valence-electron chi connectivity index (χ1n) is 10.5. The molecule has 9 nitrogen and oxygen atoms in total. The molecule has 1 aliphatic heterocycles. The second-order valence-corrected chi connectivity index (χ2v) is 8.56. The first kappa shape index (κ1) is 22.5. The van der Waals surface area contributed by atoms with E-state index in [1.165, 1.54) is 11.3 Å². The van der Waals surface area contributed by atoms with Crippen molar-refractivity contribution in [2.45, 2.75) is 18.8 Å². The number of likely N-dealkylation sites (tertiary alicyclic amines) is 1. The predicted octanol–water partition coefficient (Wildman–Crippen LogP) is 4.22. The first-order valence-corrected chi connectivity index (χ1v) is 11.4. The third-order valence-electron chi connectivity index (χ3n) is 5.46. The van der Waals surface area contributed by atoms with Crippen molar-refractivity contribution in [1.82, 2.24) is 15.1 Å². The van der Waals surface area contributed by atoms with Crippen LogP contribution in [0, 0.1) is 0 Å². The van der Waals surface area contributed by atoms with E-state index in [0.717, 1.165) is 35.0 Å². The summed E-state index contributed by atoms with van der Waals surface area (Å²) in [5.41, 5.74) is 1.38. The third kappa shape index (κ3) is 5.58. The predicted molar refractivity (Wildman–Crippen MR) is 126 cm³/mol. The molecule has 0 bridgehead atoms. The lowest BCUT2D eigenvalue weighted by atomic mass is 9.98. The van der Waals surface area contributed by atoms with Crippen molar-refractivity contribution >= 4 is 34.6 Å². The third-order valence-corrected chi connectivity index (χ3v) is 6.54. The standard InChI is InChI=1S/C23H25N5O4S/c1-31-18-7-3-16(4-8-18)24-20(29)22-27-26-21(33-22)15-11-13-28(14-12-15)23(30)25-17-5-9-19(32-2)10-6-17/h3-10,15H,11-14H2,1-2H3,(H,24,29)(H,25,30). The number of hydrogen-bond acceptors (Lipinski definition) is 7. The van der Waals surface area contributed by atoms with Crippen molar-refractivity contribution in [3.05, 3.63) is 58.5 Å². The van der Waals surface area contributed by atoms with Gasteiger partial charge in [-0.15, -0.1) is 10.2 Å². The summed E-state index contributed by atoms with van der Waals surface area (Å²) in [6, 6.07) is 14.2. The molecule has 1 aromatic heterocycles. The second kappa shape index (κ2) is 10.3. The van der Waals surface area contributed by atoms with E-state index in [1.54, 1.807) is 55.5 Å². The van der Waals surface area contributed by atoms with Gasteiger partial charge >= 0.3 is 6.03 Å². The molecule has 2 heterocycles. The van der Waals surface area contributed by atoms with Gasteiger partial charge in [-0.3, -0.25) is 4.79 Å². The summed E-state index contributed by atoms with van der Waals surface area (Å²) in [5, 5.41) is 15.2. The molecule has 172 valence electrons. The van der Waals surface area contributed by atoms with Crippen molar-refractivity contribution in [2.75, 3.05) is 37.9 Å². The zero-order valence-electron chi connectivity index (χ0n) is 18.4. The number of carbonyl (C=O) groups is 2. The van der Waals surface area contributed by atoms with Gasteiger partial charge in [-0.25, -0.2) is 4.79 Å². The molecule has 0 saturated carbocycles. The van der Waals surface area contributed by atoms with Crippen LogP contribution in [0.4, 0.5) is 16.2 Å². The molecule has 0 radical (unpaired) electrons. The average Bonchev–Trinajstić information content (AvgIpc) is 3.36. The van der Waals surface area contributed by atoms with E-state index in [-0.39, 0.29) is 17.9 Å². The summed E-state index contributed by atoms with van der Waals surface area (Å²) < 4.78 is 10.3. The maximum absolute atomic E-state index is 12.6. The minimum absolute atomic E-state index is 0.129. The summed E-state index contributed by atoms with van der Waals surface area (Å²) in [5.74, 6) is 1.34. The Kier molecular flexibility index (Phi) is 7.04. The monoisotopic (exact) mass is 467 g/mol. The number of hydrogen-bond donors (Lipinski definition) is 2. The van der Waals surface area contributed by atoms with Crippen LogP contribution in [0.3, 0.4) is 0 Å². The van der Waals surface area contributed by atoms with E-state index < -0.39 is 0 Å². The summed E-state index contributed by atoms with van der Waals surface area (Å²) in [6.07, 6.45) is 1.54. The van der Waals surface area contributed by atoms with Gasteiger partial charge < -0.3 is 25.0 Å². The minimum atomic E-state index is -0.291. The SMILES string of the molecule is COc1ccc(NC(=O)c2nnc(C3CCN(C(=O)Nc4ccc(OC)cc4)CC3)s2)cc1. The number of nitrogens with zero attached hydrogens (tertiary/aromatic N) is 3. The highest BCUT2D eigenvalue weighted by molar-refractivity contribution is 7.13. The molecule has 1 fully saturated rings.